The third-order valence-electron chi connectivity index (χ3n) is 3.20. The number of nitro groups is 1. The Morgan fingerprint density at radius 3 is 2.89 bits per heavy atom. The minimum absolute atomic E-state index is 0.0657. The van der Waals surface area contributed by atoms with Crippen LogP contribution in [0.5, 0.6) is 0 Å². The third-order valence-corrected chi connectivity index (χ3v) is 3.20. The molecule has 0 unspecified atom stereocenters. The molecule has 0 N–H and O–H groups in total. The number of nitro benzene ring substituents is 1. The Hall–Kier alpha value is -2.78. The fourth-order valence-electron chi connectivity index (χ4n) is 2.39. The normalized spacial score (nSPS) is 11.4. The SMILES string of the molecule is O=C=Nc1[c]ccc2c1Cc1cc([N+](=O)[O-])ccc1-2. The molecule has 3 rings (SSSR count). The first-order valence-corrected chi connectivity index (χ1v) is 5.60. The molecule has 0 spiro atoms. The maximum Gasteiger partial charge on any atom is 0.269 e. The summed E-state index contributed by atoms with van der Waals surface area (Å²) in [7, 11) is 0. The fraction of sp³-hybridized carbons (Fsp3) is 0.0714. The van der Waals surface area contributed by atoms with E-state index >= 15 is 0 Å². The molecule has 0 saturated heterocycles. The minimum atomic E-state index is -0.417. The molecule has 19 heavy (non-hydrogen) atoms. The first kappa shape index (κ1) is 11.3. The van der Waals surface area contributed by atoms with Crippen molar-refractivity contribution in [3.63, 3.8) is 0 Å². The Morgan fingerprint density at radius 2 is 2.16 bits per heavy atom. The zero-order chi connectivity index (χ0) is 13.4. The Kier molecular flexibility index (Phi) is 2.47. The maximum absolute atomic E-state index is 10.8. The van der Waals surface area contributed by atoms with Crippen LogP contribution in [0.25, 0.3) is 11.1 Å². The number of nitrogens with zero attached hydrogens (tertiary/aromatic N) is 2. The number of hydrogen-bond donors (Lipinski definition) is 0. The van der Waals surface area contributed by atoms with Gasteiger partial charge >= 0.3 is 0 Å². The van der Waals surface area contributed by atoms with Crippen LogP contribution in [0.1, 0.15) is 11.1 Å². The Morgan fingerprint density at radius 1 is 1.32 bits per heavy atom. The summed E-state index contributed by atoms with van der Waals surface area (Å²) in [6.45, 7) is 0. The molecular formula is C14H7N2O3. The number of non-ortho nitro benzene ring substituents is 1. The molecule has 0 saturated carbocycles. The van der Waals surface area contributed by atoms with E-state index in [0.717, 1.165) is 22.3 Å². The highest BCUT2D eigenvalue weighted by Crippen LogP contribution is 2.41. The number of hydrogen-bond acceptors (Lipinski definition) is 4. The molecule has 2 aromatic rings. The topological polar surface area (TPSA) is 72.6 Å². The van der Waals surface area contributed by atoms with Gasteiger partial charge < -0.3 is 0 Å². The number of benzene rings is 2. The maximum atomic E-state index is 10.8. The number of isocyanates is 1. The Bertz CT molecular complexity index is 746. The lowest BCUT2D eigenvalue weighted by molar-refractivity contribution is -0.384. The highest BCUT2D eigenvalue weighted by molar-refractivity contribution is 5.82. The van der Waals surface area contributed by atoms with Crippen LogP contribution in [0.3, 0.4) is 0 Å². The molecule has 0 fully saturated rings. The summed E-state index contributed by atoms with van der Waals surface area (Å²) >= 11 is 0. The predicted octanol–water partition coefficient (Wildman–Crippen LogP) is 2.93. The van der Waals surface area contributed by atoms with E-state index in [4.69, 9.17) is 0 Å². The number of carbonyl (C=O) groups excluding carboxylic acids is 1. The van der Waals surface area contributed by atoms with Crippen LogP contribution in [0.2, 0.25) is 0 Å². The van der Waals surface area contributed by atoms with Gasteiger partial charge in [-0.1, -0.05) is 12.1 Å². The summed E-state index contributed by atoms with van der Waals surface area (Å²) in [6, 6.07) is 11.2. The van der Waals surface area contributed by atoms with Gasteiger partial charge in [-0.3, -0.25) is 10.1 Å². The van der Waals surface area contributed by atoms with Crippen molar-refractivity contribution < 1.29 is 9.72 Å². The summed E-state index contributed by atoms with van der Waals surface area (Å²) in [5.41, 5.74) is 4.13. The molecule has 1 aliphatic carbocycles. The van der Waals surface area contributed by atoms with Crippen molar-refractivity contribution in [1.29, 1.82) is 0 Å². The zero-order valence-electron chi connectivity index (χ0n) is 9.71. The van der Waals surface area contributed by atoms with Gasteiger partial charge in [-0.05, 0) is 28.3 Å². The van der Waals surface area contributed by atoms with Crippen molar-refractivity contribution in [1.82, 2.24) is 0 Å². The highest BCUT2D eigenvalue weighted by atomic mass is 16.6. The van der Waals surface area contributed by atoms with Crippen LogP contribution in [-0.4, -0.2) is 11.0 Å². The van der Waals surface area contributed by atoms with E-state index < -0.39 is 4.92 Å². The van der Waals surface area contributed by atoms with E-state index in [2.05, 4.69) is 11.1 Å². The van der Waals surface area contributed by atoms with E-state index in [0.29, 0.717) is 12.1 Å². The van der Waals surface area contributed by atoms with Gasteiger partial charge in [0.1, 0.15) is 0 Å². The Balaban J connectivity index is 2.18. The summed E-state index contributed by atoms with van der Waals surface area (Å²) < 4.78 is 0. The van der Waals surface area contributed by atoms with Crippen molar-refractivity contribution in [2.75, 3.05) is 0 Å². The summed E-state index contributed by atoms with van der Waals surface area (Å²) in [4.78, 5) is 24.4. The monoisotopic (exact) mass is 251 g/mol. The standard InChI is InChI=1S/C14H7N2O3/c17-8-15-14-3-1-2-12-11-5-4-10(16(18)19)6-9(11)7-13(12)14/h1-2,4-6H,7H2. The number of aliphatic imine (C=N–C) groups is 1. The molecular weight excluding hydrogens is 244 g/mol. The second-order valence-electron chi connectivity index (χ2n) is 4.20. The summed E-state index contributed by atoms with van der Waals surface area (Å²) in [5, 5.41) is 10.8. The van der Waals surface area contributed by atoms with Gasteiger partial charge in [-0.25, -0.2) is 4.79 Å². The average molecular weight is 251 g/mol. The number of rotatable bonds is 2. The lowest BCUT2D eigenvalue weighted by Crippen LogP contribution is -1.89. The second kappa shape index (κ2) is 4.15. The third kappa shape index (κ3) is 1.73. The van der Waals surface area contributed by atoms with Crippen molar-refractivity contribution in [2.45, 2.75) is 6.42 Å². The molecule has 0 atom stereocenters. The van der Waals surface area contributed by atoms with Gasteiger partial charge in [-0.2, -0.15) is 4.99 Å². The van der Waals surface area contributed by atoms with E-state index in [-0.39, 0.29) is 5.69 Å². The summed E-state index contributed by atoms with van der Waals surface area (Å²) in [6.07, 6.45) is 2.02. The van der Waals surface area contributed by atoms with E-state index in [1.54, 1.807) is 18.2 Å². The molecule has 0 aliphatic heterocycles. The second-order valence-corrected chi connectivity index (χ2v) is 4.20. The van der Waals surface area contributed by atoms with Crippen LogP contribution >= 0.6 is 0 Å². The average Bonchev–Trinajstić information content (AvgIpc) is 2.78. The lowest BCUT2D eigenvalue weighted by atomic mass is 10.0. The molecule has 0 bridgehead atoms. The quantitative estimate of drug-likeness (QED) is 0.304. The molecule has 0 heterocycles. The van der Waals surface area contributed by atoms with E-state index in [9.17, 15) is 14.9 Å². The lowest BCUT2D eigenvalue weighted by Gasteiger charge is -2.01. The van der Waals surface area contributed by atoms with Gasteiger partial charge in [0, 0.05) is 24.6 Å². The molecule has 5 nitrogen and oxygen atoms in total. The van der Waals surface area contributed by atoms with Crippen molar-refractivity contribution in [2.24, 2.45) is 4.99 Å². The van der Waals surface area contributed by atoms with Crippen LogP contribution in [0, 0.1) is 16.2 Å². The van der Waals surface area contributed by atoms with Gasteiger partial charge in [-0.15, -0.1) is 0 Å². The van der Waals surface area contributed by atoms with Crippen LogP contribution in [0.15, 0.2) is 35.3 Å². The first-order chi connectivity index (χ1) is 9.20. The Labute approximate surface area is 108 Å². The highest BCUT2D eigenvalue weighted by Gasteiger charge is 2.23. The molecule has 2 aromatic carbocycles. The van der Waals surface area contributed by atoms with Crippen LogP contribution in [0.4, 0.5) is 11.4 Å². The van der Waals surface area contributed by atoms with E-state index in [1.165, 1.54) is 12.1 Å². The van der Waals surface area contributed by atoms with Gasteiger partial charge in [0.2, 0.25) is 6.08 Å². The van der Waals surface area contributed by atoms with E-state index in [1.807, 2.05) is 6.07 Å². The molecule has 0 amide bonds. The van der Waals surface area contributed by atoms with Gasteiger partial charge in [0.25, 0.3) is 5.69 Å². The van der Waals surface area contributed by atoms with Crippen LogP contribution in [-0.2, 0) is 11.2 Å². The van der Waals surface area contributed by atoms with Crippen molar-refractivity contribution in [3.8, 4) is 11.1 Å². The van der Waals surface area contributed by atoms with Gasteiger partial charge in [0.15, 0.2) is 0 Å². The molecule has 5 heteroatoms. The molecule has 1 aliphatic rings. The smallest absolute Gasteiger partial charge is 0.258 e. The van der Waals surface area contributed by atoms with Gasteiger partial charge in [0.05, 0.1) is 10.6 Å². The van der Waals surface area contributed by atoms with Crippen LogP contribution < -0.4 is 0 Å². The zero-order valence-corrected chi connectivity index (χ0v) is 9.71. The molecule has 1 radical (unpaired) electrons. The summed E-state index contributed by atoms with van der Waals surface area (Å²) in [5.74, 6) is 0. The molecule has 91 valence electrons. The molecule has 0 aromatic heterocycles. The van der Waals surface area contributed by atoms with Crippen molar-refractivity contribution >= 4 is 17.5 Å². The predicted molar refractivity (Wildman–Crippen MR) is 68.0 cm³/mol. The first-order valence-electron chi connectivity index (χ1n) is 5.60. The minimum Gasteiger partial charge on any atom is -0.258 e. The number of fused-ring (bicyclic) bond motifs is 3. The largest absolute Gasteiger partial charge is 0.269 e. The fourth-order valence-corrected chi connectivity index (χ4v) is 2.39. The van der Waals surface area contributed by atoms with Crippen molar-refractivity contribution in [3.05, 3.63) is 57.6 Å².